The van der Waals surface area contributed by atoms with E-state index >= 15 is 0 Å². The maximum absolute atomic E-state index is 12.7. The normalized spacial score (nSPS) is 11.3. The van der Waals surface area contributed by atoms with E-state index in [-0.39, 0.29) is 18.0 Å². The number of aromatic hydroxyl groups is 1. The van der Waals surface area contributed by atoms with Crippen molar-refractivity contribution in [3.05, 3.63) is 88.8 Å². The van der Waals surface area contributed by atoms with E-state index < -0.39 is 0 Å². The molecule has 1 N–H and O–H groups in total. The van der Waals surface area contributed by atoms with Crippen LogP contribution in [0.5, 0.6) is 5.88 Å². The summed E-state index contributed by atoms with van der Waals surface area (Å²) in [4.78, 5) is 21.4. The molecule has 0 unspecified atom stereocenters. The zero-order valence-corrected chi connectivity index (χ0v) is 14.7. The Kier molecular flexibility index (Phi) is 3.65. The smallest absolute Gasteiger partial charge is 0.255 e. The molecule has 3 heterocycles. The molecule has 0 spiro atoms. The third-order valence-electron chi connectivity index (χ3n) is 4.64. The Balaban J connectivity index is 1.70. The van der Waals surface area contributed by atoms with E-state index in [2.05, 4.69) is 15.1 Å². The summed E-state index contributed by atoms with van der Waals surface area (Å²) in [6.07, 6.45) is 1.52. The van der Waals surface area contributed by atoms with E-state index in [1.54, 1.807) is 0 Å². The molecule has 0 fully saturated rings. The molecule has 0 aliphatic heterocycles. The van der Waals surface area contributed by atoms with E-state index in [4.69, 9.17) is 0 Å². The summed E-state index contributed by atoms with van der Waals surface area (Å²) in [5.41, 5.74) is 1.91. The fourth-order valence-corrected chi connectivity index (χ4v) is 3.24. The van der Waals surface area contributed by atoms with Gasteiger partial charge in [-0.3, -0.25) is 9.36 Å². The van der Waals surface area contributed by atoms with Gasteiger partial charge in [-0.05, 0) is 5.56 Å². The van der Waals surface area contributed by atoms with Gasteiger partial charge in [0.15, 0.2) is 5.82 Å². The van der Waals surface area contributed by atoms with E-state index in [9.17, 15) is 9.90 Å². The molecule has 0 saturated carbocycles. The van der Waals surface area contributed by atoms with Gasteiger partial charge in [0.05, 0.1) is 17.4 Å². The molecule has 7 heteroatoms. The molecule has 0 aliphatic carbocycles. The van der Waals surface area contributed by atoms with Gasteiger partial charge >= 0.3 is 0 Å². The van der Waals surface area contributed by atoms with Crippen LogP contribution in [0.4, 0.5) is 0 Å². The van der Waals surface area contributed by atoms with Gasteiger partial charge in [-0.25, -0.2) is 4.98 Å². The third-order valence-corrected chi connectivity index (χ3v) is 4.64. The van der Waals surface area contributed by atoms with Crippen LogP contribution in [-0.4, -0.2) is 29.3 Å². The van der Waals surface area contributed by atoms with Crippen molar-refractivity contribution >= 4 is 16.7 Å². The van der Waals surface area contributed by atoms with Crippen molar-refractivity contribution in [2.45, 2.75) is 6.54 Å². The predicted molar refractivity (Wildman–Crippen MR) is 105 cm³/mol. The van der Waals surface area contributed by atoms with Crippen molar-refractivity contribution in [1.29, 1.82) is 0 Å². The summed E-state index contributed by atoms with van der Waals surface area (Å²) in [6, 6.07) is 20.5. The molecule has 0 radical (unpaired) electrons. The Morgan fingerprint density at radius 3 is 2.43 bits per heavy atom. The first-order valence-electron chi connectivity index (χ1n) is 8.78. The molecular weight excluding hydrogens is 354 g/mol. The maximum atomic E-state index is 12.7. The zero-order chi connectivity index (χ0) is 19.1. The molecule has 3 aromatic heterocycles. The lowest BCUT2D eigenvalue weighted by molar-refractivity contribution is 0.422. The van der Waals surface area contributed by atoms with Crippen LogP contribution in [-0.2, 0) is 6.54 Å². The van der Waals surface area contributed by atoms with Crippen LogP contribution in [0.25, 0.3) is 28.1 Å². The third kappa shape index (κ3) is 2.61. The number of fused-ring (bicyclic) bond motifs is 3. The molecule has 28 heavy (non-hydrogen) atoms. The van der Waals surface area contributed by atoms with E-state index in [1.807, 2.05) is 60.7 Å². The molecule has 2 aromatic carbocycles. The summed E-state index contributed by atoms with van der Waals surface area (Å²) in [5.74, 6) is 0.733. The second-order valence-electron chi connectivity index (χ2n) is 6.45. The summed E-state index contributed by atoms with van der Waals surface area (Å²) < 4.78 is 2.81. The van der Waals surface area contributed by atoms with Crippen molar-refractivity contribution in [2.24, 2.45) is 0 Å². The van der Waals surface area contributed by atoms with Gasteiger partial charge in [-0.15, -0.1) is 5.10 Å². The highest BCUT2D eigenvalue weighted by Crippen LogP contribution is 2.24. The van der Waals surface area contributed by atoms with E-state index in [1.165, 1.54) is 21.3 Å². The highest BCUT2D eigenvalue weighted by Gasteiger charge is 2.15. The summed E-state index contributed by atoms with van der Waals surface area (Å²) in [6.45, 7) is 0.270. The standard InChI is InChI=1S/C21H15N5O2/c27-18-11-17-16(20(28)25(18)13-14-7-3-1-4-8-14)12-22-21-23-19(24-26(17)21)15-9-5-2-6-10-15/h1-12,28H,13H2. The number of aromatic nitrogens is 5. The van der Waals surface area contributed by atoms with Crippen LogP contribution >= 0.6 is 0 Å². The molecule has 0 saturated heterocycles. The topological polar surface area (TPSA) is 85.3 Å². The minimum absolute atomic E-state index is 0.141. The van der Waals surface area contributed by atoms with Gasteiger partial charge in [-0.2, -0.15) is 9.50 Å². The first-order chi connectivity index (χ1) is 13.7. The highest BCUT2D eigenvalue weighted by molar-refractivity contribution is 5.84. The predicted octanol–water partition coefficient (Wildman–Crippen LogP) is 2.86. The van der Waals surface area contributed by atoms with E-state index in [0.29, 0.717) is 22.5 Å². The molecule has 0 amide bonds. The summed E-state index contributed by atoms with van der Waals surface area (Å²) >= 11 is 0. The van der Waals surface area contributed by atoms with Crippen LogP contribution in [0.1, 0.15) is 5.56 Å². The first-order valence-corrected chi connectivity index (χ1v) is 8.78. The van der Waals surface area contributed by atoms with Crippen LogP contribution in [0.2, 0.25) is 0 Å². The van der Waals surface area contributed by atoms with Gasteiger partial charge < -0.3 is 5.11 Å². The molecular formula is C21H15N5O2. The number of hydrogen-bond donors (Lipinski definition) is 1. The molecule has 136 valence electrons. The van der Waals surface area contributed by atoms with Gasteiger partial charge in [-0.1, -0.05) is 60.7 Å². The van der Waals surface area contributed by atoms with Gasteiger partial charge in [0.1, 0.15) is 0 Å². The number of rotatable bonds is 3. The van der Waals surface area contributed by atoms with Crippen LogP contribution < -0.4 is 5.56 Å². The Labute approximate surface area is 159 Å². The number of pyridine rings is 1. The quantitative estimate of drug-likeness (QED) is 0.529. The fourth-order valence-electron chi connectivity index (χ4n) is 3.24. The van der Waals surface area contributed by atoms with E-state index in [0.717, 1.165) is 11.1 Å². The Hall–Kier alpha value is -4.00. The molecule has 7 nitrogen and oxygen atoms in total. The lowest BCUT2D eigenvalue weighted by Gasteiger charge is -2.11. The van der Waals surface area contributed by atoms with Crippen LogP contribution in [0.15, 0.2) is 77.7 Å². The van der Waals surface area contributed by atoms with Crippen molar-refractivity contribution in [3.8, 4) is 17.3 Å². The van der Waals surface area contributed by atoms with Crippen LogP contribution in [0.3, 0.4) is 0 Å². The van der Waals surface area contributed by atoms with Gasteiger partial charge in [0, 0.05) is 17.8 Å². The minimum atomic E-state index is -0.321. The molecule has 0 aliphatic rings. The molecule has 5 rings (SSSR count). The van der Waals surface area contributed by atoms with Crippen molar-refractivity contribution in [2.75, 3.05) is 0 Å². The van der Waals surface area contributed by atoms with Crippen molar-refractivity contribution < 1.29 is 5.11 Å². The monoisotopic (exact) mass is 369 g/mol. The summed E-state index contributed by atoms with van der Waals surface area (Å²) in [5, 5.41) is 15.7. The Bertz CT molecular complexity index is 1360. The van der Waals surface area contributed by atoms with Crippen molar-refractivity contribution in [1.82, 2.24) is 24.1 Å². The SMILES string of the molecule is O=c1cc2c(cnc3nc(-c4ccccc4)nn32)c(O)n1Cc1ccccc1. The number of benzene rings is 2. The van der Waals surface area contributed by atoms with Gasteiger partial charge in [0.25, 0.3) is 11.3 Å². The lowest BCUT2D eigenvalue weighted by Crippen LogP contribution is -2.20. The second-order valence-corrected chi connectivity index (χ2v) is 6.45. The Morgan fingerprint density at radius 2 is 1.68 bits per heavy atom. The Morgan fingerprint density at radius 1 is 0.964 bits per heavy atom. The summed E-state index contributed by atoms with van der Waals surface area (Å²) in [7, 11) is 0. The fraction of sp³-hybridized carbons (Fsp3) is 0.0476. The highest BCUT2D eigenvalue weighted by atomic mass is 16.3. The minimum Gasteiger partial charge on any atom is -0.494 e. The molecule has 0 bridgehead atoms. The second kappa shape index (κ2) is 6.31. The first kappa shape index (κ1) is 16.2. The van der Waals surface area contributed by atoms with Crippen LogP contribution in [0, 0.1) is 0 Å². The van der Waals surface area contributed by atoms with Gasteiger partial charge in [0.2, 0.25) is 5.88 Å². The van der Waals surface area contributed by atoms with Crippen molar-refractivity contribution in [3.63, 3.8) is 0 Å². The zero-order valence-electron chi connectivity index (χ0n) is 14.7. The maximum Gasteiger partial charge on any atom is 0.255 e. The lowest BCUT2D eigenvalue weighted by atomic mass is 10.2. The largest absolute Gasteiger partial charge is 0.494 e. The average Bonchev–Trinajstić information content (AvgIpc) is 3.17. The number of hydrogen-bond acceptors (Lipinski definition) is 5. The molecule has 0 atom stereocenters. The number of nitrogens with zero attached hydrogens (tertiary/aromatic N) is 5. The average molecular weight is 369 g/mol. The molecule has 5 aromatic rings.